The Bertz CT molecular complexity index is 928. The van der Waals surface area contributed by atoms with Gasteiger partial charge in [0, 0.05) is 27.9 Å². The van der Waals surface area contributed by atoms with Gasteiger partial charge in [-0.15, -0.1) is 10.2 Å². The number of hydrogen-bond acceptors (Lipinski definition) is 4. The molecule has 8 heteroatoms. The molecule has 1 N–H and O–H groups in total. The third-order valence-corrected chi connectivity index (χ3v) is 5.86. The fourth-order valence-corrected chi connectivity index (χ4v) is 3.77. The molecular formula is C19H18BrClN4OS. The molecule has 27 heavy (non-hydrogen) atoms. The van der Waals surface area contributed by atoms with Crippen molar-refractivity contribution in [2.24, 2.45) is 7.05 Å². The average Bonchev–Trinajstić information content (AvgIpc) is 3.02. The highest BCUT2D eigenvalue weighted by Crippen LogP contribution is 2.24. The number of rotatable bonds is 6. The highest BCUT2D eigenvalue weighted by Gasteiger charge is 2.18. The summed E-state index contributed by atoms with van der Waals surface area (Å²) in [6, 6.07) is 14.7. The van der Waals surface area contributed by atoms with Crippen LogP contribution in [0.15, 0.2) is 58.2 Å². The van der Waals surface area contributed by atoms with Crippen LogP contribution in [0.3, 0.4) is 0 Å². The summed E-state index contributed by atoms with van der Waals surface area (Å²) in [7, 11) is 1.91. The summed E-state index contributed by atoms with van der Waals surface area (Å²) in [5.41, 5.74) is 1.76. The molecule has 0 unspecified atom stereocenters. The predicted octanol–water partition coefficient (Wildman–Crippen LogP) is 5.01. The van der Waals surface area contributed by atoms with Crippen molar-refractivity contribution in [2.45, 2.75) is 23.9 Å². The smallest absolute Gasteiger partial charge is 0.251 e. The number of carbonyl (C=O) groups excluding carboxylic acids is 1. The summed E-state index contributed by atoms with van der Waals surface area (Å²) in [5, 5.41) is 12.9. The molecule has 0 aliphatic heterocycles. The standard InChI is InChI=1S/C19H18BrClN4OS/c1-12(22-18(26)14-5-9-16(21)10-6-14)17-23-24-19(25(17)2)27-11-13-3-7-15(20)8-4-13/h3-10,12H,11H2,1-2H3,(H,22,26)/t12-/m0/s1. The van der Waals surface area contributed by atoms with Crippen molar-refractivity contribution < 1.29 is 4.79 Å². The van der Waals surface area contributed by atoms with Crippen LogP contribution in [0.4, 0.5) is 0 Å². The van der Waals surface area contributed by atoms with Gasteiger partial charge < -0.3 is 9.88 Å². The fraction of sp³-hybridized carbons (Fsp3) is 0.211. The van der Waals surface area contributed by atoms with E-state index in [0.717, 1.165) is 15.4 Å². The van der Waals surface area contributed by atoms with Gasteiger partial charge in [-0.2, -0.15) is 0 Å². The average molecular weight is 466 g/mol. The lowest BCUT2D eigenvalue weighted by molar-refractivity contribution is 0.0937. The molecule has 1 aromatic heterocycles. The summed E-state index contributed by atoms with van der Waals surface area (Å²) in [5.74, 6) is 1.33. The number of nitrogens with one attached hydrogen (secondary N) is 1. The number of nitrogens with zero attached hydrogens (tertiary/aromatic N) is 3. The van der Waals surface area contributed by atoms with Gasteiger partial charge in [-0.1, -0.05) is 51.4 Å². The Balaban J connectivity index is 1.64. The molecule has 0 spiro atoms. The molecule has 1 atom stereocenters. The molecule has 5 nitrogen and oxygen atoms in total. The van der Waals surface area contributed by atoms with E-state index in [4.69, 9.17) is 11.6 Å². The van der Waals surface area contributed by atoms with Gasteiger partial charge in [-0.3, -0.25) is 4.79 Å². The zero-order chi connectivity index (χ0) is 19.4. The minimum absolute atomic E-state index is 0.175. The van der Waals surface area contributed by atoms with Gasteiger partial charge in [0.2, 0.25) is 0 Å². The normalized spacial score (nSPS) is 12.0. The third kappa shape index (κ3) is 5.12. The first-order chi connectivity index (χ1) is 12.9. The molecule has 0 bridgehead atoms. The van der Waals surface area contributed by atoms with Crippen molar-refractivity contribution in [3.05, 3.63) is 75.0 Å². The van der Waals surface area contributed by atoms with Gasteiger partial charge in [0.25, 0.3) is 5.91 Å². The van der Waals surface area contributed by atoms with Crippen LogP contribution in [-0.2, 0) is 12.8 Å². The van der Waals surface area contributed by atoms with Gasteiger partial charge in [0.15, 0.2) is 11.0 Å². The maximum atomic E-state index is 12.4. The number of hydrogen-bond donors (Lipinski definition) is 1. The van der Waals surface area contributed by atoms with Crippen LogP contribution in [0.25, 0.3) is 0 Å². The van der Waals surface area contributed by atoms with E-state index in [2.05, 4.69) is 43.6 Å². The Kier molecular flexibility index (Phi) is 6.57. The number of amides is 1. The lowest BCUT2D eigenvalue weighted by Gasteiger charge is -2.13. The fourth-order valence-electron chi connectivity index (χ4n) is 2.50. The zero-order valence-corrected chi connectivity index (χ0v) is 18.0. The zero-order valence-electron chi connectivity index (χ0n) is 14.8. The summed E-state index contributed by atoms with van der Waals surface area (Å²) in [6.45, 7) is 1.89. The van der Waals surface area contributed by atoms with Gasteiger partial charge >= 0.3 is 0 Å². The molecule has 3 rings (SSSR count). The van der Waals surface area contributed by atoms with Crippen LogP contribution in [0, 0.1) is 0 Å². The number of halogens is 2. The Hall–Kier alpha value is -1.83. The molecule has 2 aromatic carbocycles. The molecule has 3 aromatic rings. The molecule has 0 fully saturated rings. The van der Waals surface area contributed by atoms with E-state index in [1.807, 2.05) is 30.7 Å². The van der Waals surface area contributed by atoms with Gasteiger partial charge in [-0.05, 0) is 48.9 Å². The predicted molar refractivity (Wildman–Crippen MR) is 112 cm³/mol. The molecular weight excluding hydrogens is 448 g/mol. The van der Waals surface area contributed by atoms with E-state index in [1.165, 1.54) is 5.56 Å². The lowest BCUT2D eigenvalue weighted by atomic mass is 10.2. The van der Waals surface area contributed by atoms with Gasteiger partial charge in [0.1, 0.15) is 0 Å². The second-order valence-corrected chi connectivity index (χ2v) is 8.31. The Morgan fingerprint density at radius 3 is 2.52 bits per heavy atom. The van der Waals surface area contributed by atoms with Crippen LogP contribution in [0.2, 0.25) is 5.02 Å². The van der Waals surface area contributed by atoms with Crippen molar-refractivity contribution in [2.75, 3.05) is 0 Å². The highest BCUT2D eigenvalue weighted by atomic mass is 79.9. The largest absolute Gasteiger partial charge is 0.342 e. The molecule has 0 aliphatic rings. The molecule has 0 saturated carbocycles. The molecule has 0 aliphatic carbocycles. The molecule has 140 valence electrons. The van der Waals surface area contributed by atoms with Crippen molar-refractivity contribution in [1.82, 2.24) is 20.1 Å². The second kappa shape index (κ2) is 8.91. The highest BCUT2D eigenvalue weighted by molar-refractivity contribution is 9.10. The molecule has 0 saturated heterocycles. The monoisotopic (exact) mass is 464 g/mol. The van der Waals surface area contributed by atoms with Crippen molar-refractivity contribution in [1.29, 1.82) is 0 Å². The van der Waals surface area contributed by atoms with Crippen LogP contribution in [-0.4, -0.2) is 20.7 Å². The first-order valence-corrected chi connectivity index (χ1v) is 10.4. The van der Waals surface area contributed by atoms with E-state index in [1.54, 1.807) is 36.0 Å². The Morgan fingerprint density at radius 1 is 1.19 bits per heavy atom. The van der Waals surface area contributed by atoms with E-state index < -0.39 is 0 Å². The Morgan fingerprint density at radius 2 is 1.85 bits per heavy atom. The van der Waals surface area contributed by atoms with Crippen molar-refractivity contribution in [3.63, 3.8) is 0 Å². The second-order valence-electron chi connectivity index (χ2n) is 6.02. The van der Waals surface area contributed by atoms with E-state index >= 15 is 0 Å². The molecule has 1 amide bonds. The van der Waals surface area contributed by atoms with Crippen molar-refractivity contribution in [3.8, 4) is 0 Å². The summed E-state index contributed by atoms with van der Waals surface area (Å²) in [4.78, 5) is 12.4. The number of carbonyl (C=O) groups is 1. The number of thioether (sulfide) groups is 1. The maximum Gasteiger partial charge on any atom is 0.251 e. The van der Waals surface area contributed by atoms with E-state index in [9.17, 15) is 4.79 Å². The van der Waals surface area contributed by atoms with Crippen LogP contribution in [0.1, 0.15) is 34.7 Å². The summed E-state index contributed by atoms with van der Waals surface area (Å²) >= 11 is 10.9. The van der Waals surface area contributed by atoms with Gasteiger partial charge in [0.05, 0.1) is 6.04 Å². The van der Waals surface area contributed by atoms with Crippen LogP contribution >= 0.6 is 39.3 Å². The number of aromatic nitrogens is 3. The van der Waals surface area contributed by atoms with Gasteiger partial charge in [-0.25, -0.2) is 0 Å². The third-order valence-electron chi connectivity index (χ3n) is 3.99. The minimum Gasteiger partial charge on any atom is -0.342 e. The Labute approximate surface area is 175 Å². The first kappa shape index (κ1) is 19.9. The summed E-state index contributed by atoms with van der Waals surface area (Å²) in [6.07, 6.45) is 0. The van der Waals surface area contributed by atoms with Crippen molar-refractivity contribution >= 4 is 45.2 Å². The summed E-state index contributed by atoms with van der Waals surface area (Å²) < 4.78 is 2.97. The first-order valence-electron chi connectivity index (χ1n) is 8.27. The SMILES string of the molecule is C[C@H](NC(=O)c1ccc(Cl)cc1)c1nnc(SCc2ccc(Br)cc2)n1C. The number of benzene rings is 2. The topological polar surface area (TPSA) is 59.8 Å². The quantitative estimate of drug-likeness (QED) is 0.520. The minimum atomic E-state index is -0.271. The van der Waals surface area contributed by atoms with E-state index in [-0.39, 0.29) is 11.9 Å². The molecule has 1 heterocycles. The molecule has 0 radical (unpaired) electrons. The lowest BCUT2D eigenvalue weighted by Crippen LogP contribution is -2.28. The van der Waals surface area contributed by atoms with Crippen LogP contribution < -0.4 is 5.32 Å². The van der Waals surface area contributed by atoms with Crippen LogP contribution in [0.5, 0.6) is 0 Å². The maximum absolute atomic E-state index is 12.4. The van der Waals surface area contributed by atoms with E-state index in [0.29, 0.717) is 16.4 Å².